The minimum atomic E-state index is -2.02. The van der Waals surface area contributed by atoms with Crippen LogP contribution in [0.5, 0.6) is 0 Å². The van der Waals surface area contributed by atoms with Crippen molar-refractivity contribution in [1.82, 2.24) is 9.79 Å². The second-order valence-electron chi connectivity index (χ2n) is 7.63. The number of aliphatic hydroxyl groups excluding tert-OH is 1. The molecule has 0 aliphatic carbocycles. The lowest BCUT2D eigenvalue weighted by Crippen LogP contribution is -2.47. The van der Waals surface area contributed by atoms with E-state index in [0.717, 1.165) is 5.56 Å². The smallest absolute Gasteiger partial charge is 0.376 e. The monoisotopic (exact) mass is 372 g/mol. The molecule has 1 atom stereocenters. The second-order valence-corrected chi connectivity index (χ2v) is 12.8. The SMILES string of the molecule is CB(O)N(CCO)C[C@@H](O[Si](C)(C)C(C)(C)C)c1ccc(Cl)nc1. The van der Waals surface area contributed by atoms with E-state index >= 15 is 0 Å². The van der Waals surface area contributed by atoms with Gasteiger partial charge in [0.2, 0.25) is 0 Å². The first-order chi connectivity index (χ1) is 11.0. The summed E-state index contributed by atoms with van der Waals surface area (Å²) in [5.74, 6) is 0. The molecule has 0 aromatic carbocycles. The number of hydrogen-bond donors (Lipinski definition) is 2. The van der Waals surface area contributed by atoms with Gasteiger partial charge in [-0.2, -0.15) is 0 Å². The fourth-order valence-electron chi connectivity index (χ4n) is 2.09. The van der Waals surface area contributed by atoms with Crippen LogP contribution in [0.25, 0.3) is 0 Å². The molecule has 1 aromatic heterocycles. The van der Waals surface area contributed by atoms with Gasteiger partial charge in [-0.25, -0.2) is 4.98 Å². The van der Waals surface area contributed by atoms with Gasteiger partial charge in [0.25, 0.3) is 0 Å². The van der Waals surface area contributed by atoms with Crippen LogP contribution in [0.15, 0.2) is 18.3 Å². The van der Waals surface area contributed by atoms with Gasteiger partial charge < -0.3 is 19.4 Å². The molecule has 0 amide bonds. The van der Waals surface area contributed by atoms with Gasteiger partial charge in [-0.1, -0.05) is 38.4 Å². The number of pyridine rings is 1. The van der Waals surface area contributed by atoms with Crippen LogP contribution in [0, 0.1) is 0 Å². The third-order valence-corrected chi connectivity index (χ3v) is 9.39. The molecule has 0 radical (unpaired) electrons. The van der Waals surface area contributed by atoms with E-state index in [-0.39, 0.29) is 17.7 Å². The number of aromatic nitrogens is 1. The minimum absolute atomic E-state index is 0.0173. The first-order valence-corrected chi connectivity index (χ1v) is 11.6. The summed E-state index contributed by atoms with van der Waals surface area (Å²) in [7, 11) is -2.68. The van der Waals surface area contributed by atoms with Crippen molar-refractivity contribution in [1.29, 1.82) is 0 Å². The summed E-state index contributed by atoms with van der Waals surface area (Å²) in [6.07, 6.45) is 1.48. The average Bonchev–Trinajstić information content (AvgIpc) is 2.45. The number of hydrogen-bond acceptors (Lipinski definition) is 5. The van der Waals surface area contributed by atoms with Crippen molar-refractivity contribution < 1.29 is 14.6 Å². The highest BCUT2D eigenvalue weighted by Crippen LogP contribution is 2.40. The average molecular weight is 373 g/mol. The quantitative estimate of drug-likeness (QED) is 0.542. The highest BCUT2D eigenvalue weighted by molar-refractivity contribution is 6.74. The summed E-state index contributed by atoms with van der Waals surface area (Å²) < 4.78 is 6.58. The van der Waals surface area contributed by atoms with Crippen LogP contribution in [0.4, 0.5) is 0 Å². The van der Waals surface area contributed by atoms with Gasteiger partial charge in [0.1, 0.15) is 5.15 Å². The molecule has 2 N–H and O–H groups in total. The van der Waals surface area contributed by atoms with Crippen LogP contribution in [0.2, 0.25) is 30.1 Å². The van der Waals surface area contributed by atoms with Crippen LogP contribution in [0.1, 0.15) is 32.4 Å². The fraction of sp³-hybridized carbons (Fsp3) is 0.688. The molecular weight excluding hydrogens is 343 g/mol. The van der Waals surface area contributed by atoms with Crippen LogP contribution in [-0.2, 0) is 4.43 Å². The third-order valence-electron chi connectivity index (χ3n) is 4.68. The predicted molar refractivity (Wildman–Crippen MR) is 103 cm³/mol. The Morgan fingerprint density at radius 1 is 1.38 bits per heavy atom. The van der Waals surface area contributed by atoms with Crippen LogP contribution in [0.3, 0.4) is 0 Å². The largest absolute Gasteiger partial charge is 0.437 e. The summed E-state index contributed by atoms with van der Waals surface area (Å²) >= 11 is 5.90. The maximum absolute atomic E-state index is 9.98. The van der Waals surface area contributed by atoms with Gasteiger partial charge in [0.05, 0.1) is 12.7 Å². The molecule has 0 bridgehead atoms. The number of rotatable bonds is 8. The van der Waals surface area contributed by atoms with Gasteiger partial charge in [0, 0.05) is 19.3 Å². The molecule has 0 spiro atoms. The Kier molecular flexibility index (Phi) is 7.90. The molecular formula is C16H30BClN2O3Si. The zero-order valence-corrected chi connectivity index (χ0v) is 17.3. The van der Waals surface area contributed by atoms with Gasteiger partial charge >= 0.3 is 7.05 Å². The van der Waals surface area contributed by atoms with Crippen molar-refractivity contribution in [2.75, 3.05) is 19.7 Å². The van der Waals surface area contributed by atoms with Crippen molar-refractivity contribution in [2.24, 2.45) is 0 Å². The summed E-state index contributed by atoms with van der Waals surface area (Å²) in [5.41, 5.74) is 0.924. The lowest BCUT2D eigenvalue weighted by atomic mass is 9.84. The van der Waals surface area contributed by atoms with E-state index in [2.05, 4.69) is 38.8 Å². The first kappa shape index (κ1) is 21.6. The van der Waals surface area contributed by atoms with Gasteiger partial charge in [0.15, 0.2) is 8.32 Å². The Hall–Kier alpha value is -0.438. The van der Waals surface area contributed by atoms with Crippen molar-refractivity contribution in [3.8, 4) is 0 Å². The fourth-order valence-corrected chi connectivity index (χ4v) is 3.48. The Morgan fingerprint density at radius 3 is 2.42 bits per heavy atom. The number of aliphatic hydroxyl groups is 1. The van der Waals surface area contributed by atoms with E-state index in [1.165, 1.54) is 0 Å². The van der Waals surface area contributed by atoms with Gasteiger partial charge in [-0.3, -0.25) is 0 Å². The van der Waals surface area contributed by atoms with Gasteiger partial charge in [-0.15, -0.1) is 0 Å². The number of halogens is 1. The molecule has 8 heteroatoms. The molecule has 5 nitrogen and oxygen atoms in total. The van der Waals surface area contributed by atoms with Gasteiger partial charge in [-0.05, 0) is 36.6 Å². The van der Waals surface area contributed by atoms with Crippen LogP contribution in [-0.4, -0.2) is 55.0 Å². The Labute approximate surface area is 152 Å². The van der Waals surface area contributed by atoms with E-state index in [9.17, 15) is 10.1 Å². The molecule has 1 rings (SSSR count). The summed E-state index contributed by atoms with van der Waals surface area (Å²) in [5, 5.41) is 19.7. The van der Waals surface area contributed by atoms with Crippen molar-refractivity contribution in [2.45, 2.75) is 51.8 Å². The zero-order chi connectivity index (χ0) is 18.5. The summed E-state index contributed by atoms with van der Waals surface area (Å²) in [6, 6.07) is 3.66. The lowest BCUT2D eigenvalue weighted by molar-refractivity contribution is 0.136. The Morgan fingerprint density at radius 2 is 2.00 bits per heavy atom. The highest BCUT2D eigenvalue weighted by atomic mass is 35.5. The molecule has 0 fully saturated rings. The van der Waals surface area contributed by atoms with E-state index < -0.39 is 15.4 Å². The molecule has 0 saturated heterocycles. The normalized spacial score (nSPS) is 14.1. The predicted octanol–water partition coefficient (Wildman–Crippen LogP) is 3.20. The Balaban J connectivity index is 3.09. The lowest BCUT2D eigenvalue weighted by Gasteiger charge is -2.40. The van der Waals surface area contributed by atoms with E-state index in [0.29, 0.717) is 18.2 Å². The maximum Gasteiger partial charge on any atom is 0.376 e. The second kappa shape index (κ2) is 8.78. The topological polar surface area (TPSA) is 65.8 Å². The van der Waals surface area contributed by atoms with Crippen molar-refractivity contribution >= 4 is 27.0 Å². The van der Waals surface area contributed by atoms with E-state index in [4.69, 9.17) is 16.0 Å². The molecule has 136 valence electrons. The van der Waals surface area contributed by atoms with E-state index in [1.807, 2.05) is 6.07 Å². The van der Waals surface area contributed by atoms with E-state index in [1.54, 1.807) is 23.9 Å². The molecule has 1 heterocycles. The summed E-state index contributed by atoms with van der Waals surface area (Å²) in [4.78, 5) is 5.96. The van der Waals surface area contributed by atoms with Crippen molar-refractivity contribution in [3.63, 3.8) is 0 Å². The van der Waals surface area contributed by atoms with Crippen molar-refractivity contribution in [3.05, 3.63) is 29.0 Å². The molecule has 0 saturated carbocycles. The molecule has 1 aromatic rings. The van der Waals surface area contributed by atoms with Crippen LogP contribution >= 0.6 is 11.6 Å². The third kappa shape index (κ3) is 6.13. The molecule has 0 aliphatic rings. The standard InChI is InChI=1S/C16H30BClN2O3Si/c1-16(2,3)24(5,6)23-14(12-20(9-10-21)17(4)22)13-7-8-15(18)19-11-13/h7-8,11,14,21-22H,9-10,12H2,1-6H3/t14-/m1/s1. The first-order valence-electron chi connectivity index (χ1n) is 8.30. The minimum Gasteiger partial charge on any atom is -0.437 e. The summed E-state index contributed by atoms with van der Waals surface area (Å²) in [6.45, 7) is 13.5. The number of nitrogens with zero attached hydrogens (tertiary/aromatic N) is 2. The highest BCUT2D eigenvalue weighted by Gasteiger charge is 2.40. The maximum atomic E-state index is 9.98. The zero-order valence-electron chi connectivity index (χ0n) is 15.6. The molecule has 0 unspecified atom stereocenters. The van der Waals surface area contributed by atoms with Crippen LogP contribution < -0.4 is 0 Å². The Bertz CT molecular complexity index is 509. The molecule has 24 heavy (non-hydrogen) atoms. The molecule has 0 aliphatic heterocycles.